The van der Waals surface area contributed by atoms with Crippen molar-refractivity contribution in [3.8, 4) is 11.3 Å². The fourth-order valence-corrected chi connectivity index (χ4v) is 4.41. The number of thioether (sulfide) groups is 1. The fourth-order valence-electron chi connectivity index (χ4n) is 3.51. The largest absolute Gasteiger partial charge is 0.324 e. The highest BCUT2D eigenvalue weighted by Gasteiger charge is 2.15. The maximum Gasteiger partial charge on any atom is 0.234 e. The molecule has 160 valence electrons. The molecule has 1 N–H and O–H groups in total. The van der Waals surface area contributed by atoms with Gasteiger partial charge in [-0.25, -0.2) is 4.52 Å². The fraction of sp³-hybridized carbons (Fsp3) is 0.130. The van der Waals surface area contributed by atoms with Crippen LogP contribution in [0.25, 0.3) is 22.4 Å². The lowest BCUT2D eigenvalue weighted by atomic mass is 10.0. The van der Waals surface area contributed by atoms with Crippen molar-refractivity contribution in [2.45, 2.75) is 19.0 Å². The molecule has 0 saturated heterocycles. The number of aryl methyl sites for hydroxylation is 2. The standard InChI is InChI=1S/C23H19ClN6OS/c1-14-7-8-15(2)16(11-14)19-12-20-22-26-27-23(29(22)9-10-30(20)28-19)32-13-21(31)25-18-6-4-3-5-17(18)24/h3-12H,13H2,1-2H3,(H,25,31). The van der Waals surface area contributed by atoms with Crippen molar-refractivity contribution in [2.24, 2.45) is 0 Å². The number of rotatable bonds is 5. The van der Waals surface area contributed by atoms with E-state index in [0.29, 0.717) is 21.5 Å². The summed E-state index contributed by atoms with van der Waals surface area (Å²) < 4.78 is 3.68. The zero-order chi connectivity index (χ0) is 22.2. The minimum atomic E-state index is -0.164. The number of hydrogen-bond acceptors (Lipinski definition) is 5. The van der Waals surface area contributed by atoms with Crippen LogP contribution >= 0.6 is 23.4 Å². The number of halogens is 1. The third-order valence-electron chi connectivity index (χ3n) is 5.14. The molecule has 0 bridgehead atoms. The van der Waals surface area contributed by atoms with E-state index < -0.39 is 0 Å². The molecule has 0 saturated carbocycles. The van der Waals surface area contributed by atoms with Crippen LogP contribution in [0.1, 0.15) is 11.1 Å². The first-order chi connectivity index (χ1) is 15.5. The Morgan fingerprint density at radius 2 is 1.94 bits per heavy atom. The van der Waals surface area contributed by atoms with Gasteiger partial charge in [0.2, 0.25) is 5.91 Å². The number of anilines is 1. The summed E-state index contributed by atoms with van der Waals surface area (Å²) in [5, 5.41) is 17.3. The Morgan fingerprint density at radius 3 is 2.78 bits per heavy atom. The van der Waals surface area contributed by atoms with E-state index >= 15 is 0 Å². The van der Waals surface area contributed by atoms with Gasteiger partial charge >= 0.3 is 0 Å². The zero-order valence-electron chi connectivity index (χ0n) is 17.4. The highest BCUT2D eigenvalue weighted by atomic mass is 35.5. The molecule has 9 heteroatoms. The summed E-state index contributed by atoms with van der Waals surface area (Å²) in [7, 11) is 0. The van der Waals surface area contributed by atoms with Crippen LogP contribution in [0.4, 0.5) is 5.69 Å². The molecule has 0 aliphatic rings. The van der Waals surface area contributed by atoms with Gasteiger partial charge < -0.3 is 5.32 Å². The van der Waals surface area contributed by atoms with Crippen LogP contribution in [0.15, 0.2) is 66.1 Å². The Balaban J connectivity index is 1.40. The van der Waals surface area contributed by atoms with E-state index in [0.717, 1.165) is 22.3 Å². The average Bonchev–Trinajstić information content (AvgIpc) is 3.39. The van der Waals surface area contributed by atoms with E-state index in [1.165, 1.54) is 17.3 Å². The molecule has 0 atom stereocenters. The van der Waals surface area contributed by atoms with Gasteiger partial charge in [0, 0.05) is 18.0 Å². The van der Waals surface area contributed by atoms with Gasteiger partial charge in [0.05, 0.1) is 22.2 Å². The van der Waals surface area contributed by atoms with Crippen LogP contribution in [0.5, 0.6) is 0 Å². The van der Waals surface area contributed by atoms with Crippen LogP contribution in [0, 0.1) is 13.8 Å². The quantitative estimate of drug-likeness (QED) is 0.370. The number of fused-ring (bicyclic) bond motifs is 3. The molecule has 1 amide bonds. The zero-order valence-corrected chi connectivity index (χ0v) is 19.0. The molecule has 0 fully saturated rings. The van der Waals surface area contributed by atoms with E-state index in [9.17, 15) is 4.79 Å². The number of para-hydroxylation sites is 1. The van der Waals surface area contributed by atoms with Crippen LogP contribution in [-0.2, 0) is 4.79 Å². The molecule has 2 aromatic carbocycles. The van der Waals surface area contributed by atoms with Gasteiger partial charge in [-0.05, 0) is 43.7 Å². The molecule has 5 aromatic rings. The van der Waals surface area contributed by atoms with Gasteiger partial charge in [-0.3, -0.25) is 9.20 Å². The number of amides is 1. The van der Waals surface area contributed by atoms with E-state index in [1.54, 1.807) is 16.6 Å². The molecule has 0 radical (unpaired) electrons. The first-order valence-corrected chi connectivity index (χ1v) is 11.3. The number of benzene rings is 2. The molecule has 3 aromatic heterocycles. The lowest BCUT2D eigenvalue weighted by molar-refractivity contribution is -0.113. The van der Waals surface area contributed by atoms with Crippen molar-refractivity contribution in [3.05, 3.63) is 77.1 Å². The number of aromatic nitrogens is 5. The molecular formula is C23H19ClN6OS. The van der Waals surface area contributed by atoms with Crippen molar-refractivity contribution in [1.29, 1.82) is 0 Å². The summed E-state index contributed by atoms with van der Waals surface area (Å²) in [6.07, 6.45) is 3.73. The Bertz CT molecular complexity index is 1470. The minimum Gasteiger partial charge on any atom is -0.324 e. The average molecular weight is 463 g/mol. The van der Waals surface area contributed by atoms with E-state index in [4.69, 9.17) is 16.7 Å². The van der Waals surface area contributed by atoms with Crippen molar-refractivity contribution in [1.82, 2.24) is 24.2 Å². The second-order valence-electron chi connectivity index (χ2n) is 7.47. The van der Waals surface area contributed by atoms with E-state index in [2.05, 4.69) is 47.6 Å². The number of hydrogen-bond donors (Lipinski definition) is 1. The number of nitrogens with zero attached hydrogens (tertiary/aromatic N) is 5. The summed E-state index contributed by atoms with van der Waals surface area (Å²) in [4.78, 5) is 12.4. The first kappa shape index (κ1) is 20.5. The Labute approximate surface area is 193 Å². The summed E-state index contributed by atoms with van der Waals surface area (Å²) in [5.41, 5.74) is 6.45. The normalized spacial score (nSPS) is 11.3. The molecule has 0 unspecified atom stereocenters. The summed E-state index contributed by atoms with van der Waals surface area (Å²) in [5.74, 6) is 0.0204. The molecule has 5 rings (SSSR count). The van der Waals surface area contributed by atoms with Gasteiger partial charge in [0.15, 0.2) is 10.8 Å². The van der Waals surface area contributed by atoms with Gasteiger partial charge in [0.1, 0.15) is 5.52 Å². The summed E-state index contributed by atoms with van der Waals surface area (Å²) >= 11 is 7.42. The van der Waals surface area contributed by atoms with Gasteiger partial charge in [-0.1, -0.05) is 53.2 Å². The maximum atomic E-state index is 12.4. The third kappa shape index (κ3) is 3.83. The monoisotopic (exact) mass is 462 g/mol. The highest BCUT2D eigenvalue weighted by Crippen LogP contribution is 2.27. The van der Waals surface area contributed by atoms with E-state index in [-0.39, 0.29) is 11.7 Å². The van der Waals surface area contributed by atoms with Crippen LogP contribution in [-0.4, -0.2) is 35.9 Å². The van der Waals surface area contributed by atoms with E-state index in [1.807, 2.05) is 35.0 Å². The number of carbonyl (C=O) groups excluding carboxylic acids is 1. The Morgan fingerprint density at radius 1 is 1.09 bits per heavy atom. The van der Waals surface area contributed by atoms with Gasteiger partial charge in [-0.2, -0.15) is 5.10 Å². The predicted octanol–water partition coefficient (Wildman–Crippen LogP) is 5.05. The second kappa shape index (κ2) is 8.29. The van der Waals surface area contributed by atoms with Crippen molar-refractivity contribution < 1.29 is 4.79 Å². The molecule has 7 nitrogen and oxygen atoms in total. The van der Waals surface area contributed by atoms with Crippen molar-refractivity contribution in [3.63, 3.8) is 0 Å². The minimum absolute atomic E-state index is 0.164. The molecule has 32 heavy (non-hydrogen) atoms. The first-order valence-electron chi connectivity index (χ1n) is 9.97. The molecule has 0 aliphatic heterocycles. The SMILES string of the molecule is Cc1ccc(C)c(-c2cc3c4nnc(SCC(=O)Nc5ccccc5Cl)n4ccn3n2)c1. The lowest BCUT2D eigenvalue weighted by Gasteiger charge is -2.06. The number of nitrogens with one attached hydrogen (secondary N) is 1. The van der Waals surface area contributed by atoms with Crippen LogP contribution < -0.4 is 5.32 Å². The summed E-state index contributed by atoms with van der Waals surface area (Å²) in [6, 6.07) is 15.5. The third-order valence-corrected chi connectivity index (χ3v) is 6.41. The van der Waals surface area contributed by atoms with Crippen molar-refractivity contribution >= 4 is 46.1 Å². The Kier molecular flexibility index (Phi) is 5.32. The molecular weight excluding hydrogens is 444 g/mol. The molecule has 0 spiro atoms. The topological polar surface area (TPSA) is 76.6 Å². The van der Waals surface area contributed by atoms with Crippen LogP contribution in [0.3, 0.4) is 0 Å². The predicted molar refractivity (Wildman–Crippen MR) is 127 cm³/mol. The lowest BCUT2D eigenvalue weighted by Crippen LogP contribution is -2.14. The molecule has 3 heterocycles. The second-order valence-corrected chi connectivity index (χ2v) is 8.82. The summed E-state index contributed by atoms with van der Waals surface area (Å²) in [6.45, 7) is 4.15. The Hall–Kier alpha value is -3.36. The smallest absolute Gasteiger partial charge is 0.234 e. The maximum absolute atomic E-state index is 12.4. The highest BCUT2D eigenvalue weighted by molar-refractivity contribution is 7.99. The van der Waals surface area contributed by atoms with Gasteiger partial charge in [-0.15, -0.1) is 10.2 Å². The van der Waals surface area contributed by atoms with Crippen LogP contribution in [0.2, 0.25) is 5.02 Å². The number of carbonyl (C=O) groups is 1. The van der Waals surface area contributed by atoms with Crippen molar-refractivity contribution in [2.75, 3.05) is 11.1 Å². The van der Waals surface area contributed by atoms with Gasteiger partial charge in [0.25, 0.3) is 0 Å². The molecule has 0 aliphatic carbocycles.